The standard InChI is InChI=1S/C16H13ClFNO3/c1-10-2-5-12(6-3-10)19-15(20)9-22-16(21)13-8-11(17)4-7-14(13)18/h2-8H,9H2,1H3,(H,19,20). The molecule has 0 saturated carbocycles. The number of amides is 1. The number of rotatable bonds is 4. The van der Waals surface area contributed by atoms with E-state index in [1.807, 2.05) is 19.1 Å². The van der Waals surface area contributed by atoms with Gasteiger partial charge < -0.3 is 10.1 Å². The van der Waals surface area contributed by atoms with E-state index in [9.17, 15) is 14.0 Å². The number of halogens is 2. The van der Waals surface area contributed by atoms with Crippen LogP contribution in [-0.2, 0) is 9.53 Å². The van der Waals surface area contributed by atoms with E-state index in [2.05, 4.69) is 5.32 Å². The summed E-state index contributed by atoms with van der Waals surface area (Å²) in [5, 5.41) is 2.77. The number of aryl methyl sites for hydroxylation is 1. The van der Waals surface area contributed by atoms with Crippen LogP contribution in [0.5, 0.6) is 0 Å². The maximum atomic E-state index is 13.5. The lowest BCUT2D eigenvalue weighted by atomic mass is 10.2. The maximum Gasteiger partial charge on any atom is 0.341 e. The van der Waals surface area contributed by atoms with E-state index in [0.717, 1.165) is 17.7 Å². The van der Waals surface area contributed by atoms with Gasteiger partial charge in [0.15, 0.2) is 6.61 Å². The van der Waals surface area contributed by atoms with Crippen molar-refractivity contribution < 1.29 is 18.7 Å². The zero-order chi connectivity index (χ0) is 16.1. The Morgan fingerprint density at radius 1 is 1.18 bits per heavy atom. The quantitative estimate of drug-likeness (QED) is 0.876. The molecule has 2 rings (SSSR count). The lowest BCUT2D eigenvalue weighted by molar-refractivity contribution is -0.119. The molecule has 0 aromatic heterocycles. The third-order valence-electron chi connectivity index (χ3n) is 2.82. The second-order valence-corrected chi connectivity index (χ2v) is 5.05. The van der Waals surface area contributed by atoms with Crippen LogP contribution in [0, 0.1) is 12.7 Å². The molecule has 0 radical (unpaired) electrons. The predicted molar refractivity (Wildman–Crippen MR) is 81.5 cm³/mol. The second-order valence-electron chi connectivity index (χ2n) is 4.61. The van der Waals surface area contributed by atoms with Crippen LogP contribution in [0.1, 0.15) is 15.9 Å². The lowest BCUT2D eigenvalue weighted by Gasteiger charge is -2.07. The first-order chi connectivity index (χ1) is 10.5. The minimum atomic E-state index is -0.945. The monoisotopic (exact) mass is 321 g/mol. The Labute approximate surface area is 131 Å². The summed E-state index contributed by atoms with van der Waals surface area (Å²) in [6, 6.07) is 10.7. The Morgan fingerprint density at radius 3 is 2.55 bits per heavy atom. The Morgan fingerprint density at radius 2 is 1.86 bits per heavy atom. The highest BCUT2D eigenvalue weighted by molar-refractivity contribution is 6.30. The number of hydrogen-bond acceptors (Lipinski definition) is 3. The summed E-state index contributed by atoms with van der Waals surface area (Å²) in [6.45, 7) is 1.41. The Bertz CT molecular complexity index is 701. The zero-order valence-electron chi connectivity index (χ0n) is 11.7. The van der Waals surface area contributed by atoms with Gasteiger partial charge in [-0.2, -0.15) is 0 Å². The van der Waals surface area contributed by atoms with Crippen molar-refractivity contribution in [3.63, 3.8) is 0 Å². The van der Waals surface area contributed by atoms with Gasteiger partial charge in [-0.15, -0.1) is 0 Å². The van der Waals surface area contributed by atoms with Crippen LogP contribution in [0.2, 0.25) is 5.02 Å². The van der Waals surface area contributed by atoms with Gasteiger partial charge in [-0.1, -0.05) is 29.3 Å². The summed E-state index contributed by atoms with van der Waals surface area (Å²) >= 11 is 5.69. The third kappa shape index (κ3) is 4.30. The first kappa shape index (κ1) is 16.0. The van der Waals surface area contributed by atoms with Crippen molar-refractivity contribution in [2.24, 2.45) is 0 Å². The van der Waals surface area contributed by atoms with E-state index < -0.39 is 24.3 Å². The van der Waals surface area contributed by atoms with E-state index in [1.54, 1.807) is 12.1 Å². The summed E-state index contributed by atoms with van der Waals surface area (Å²) in [4.78, 5) is 23.4. The molecule has 2 aromatic carbocycles. The van der Waals surface area contributed by atoms with Crippen LogP contribution in [0.3, 0.4) is 0 Å². The molecule has 6 heteroatoms. The van der Waals surface area contributed by atoms with Crippen LogP contribution in [-0.4, -0.2) is 18.5 Å². The summed E-state index contributed by atoms with van der Waals surface area (Å²) in [5.74, 6) is -2.22. The number of ether oxygens (including phenoxy) is 1. The highest BCUT2D eigenvalue weighted by Gasteiger charge is 2.15. The van der Waals surface area contributed by atoms with Gasteiger partial charge in [-0.05, 0) is 37.3 Å². The number of esters is 1. The minimum Gasteiger partial charge on any atom is -0.452 e. The molecule has 0 aliphatic carbocycles. The summed E-state index contributed by atoms with van der Waals surface area (Å²) in [6.07, 6.45) is 0. The minimum absolute atomic E-state index is 0.206. The fourth-order valence-electron chi connectivity index (χ4n) is 1.70. The molecule has 0 saturated heterocycles. The van der Waals surface area contributed by atoms with Crippen molar-refractivity contribution in [1.29, 1.82) is 0 Å². The van der Waals surface area contributed by atoms with Gasteiger partial charge in [0.1, 0.15) is 5.82 Å². The van der Waals surface area contributed by atoms with Gasteiger partial charge in [0.25, 0.3) is 5.91 Å². The van der Waals surface area contributed by atoms with Gasteiger partial charge in [0, 0.05) is 10.7 Å². The molecule has 4 nitrogen and oxygen atoms in total. The molecule has 0 aliphatic heterocycles. The van der Waals surface area contributed by atoms with Crippen molar-refractivity contribution in [3.8, 4) is 0 Å². The molecule has 0 aliphatic rings. The van der Waals surface area contributed by atoms with E-state index in [4.69, 9.17) is 16.3 Å². The summed E-state index contributed by atoms with van der Waals surface area (Å²) in [5.41, 5.74) is 1.33. The molecule has 0 bridgehead atoms. The number of nitrogens with one attached hydrogen (secondary N) is 1. The van der Waals surface area contributed by atoms with Crippen LogP contribution >= 0.6 is 11.6 Å². The van der Waals surface area contributed by atoms with Crippen molar-refractivity contribution >= 4 is 29.2 Å². The molecule has 1 N–H and O–H groups in total. The molecule has 0 fully saturated rings. The van der Waals surface area contributed by atoms with Crippen molar-refractivity contribution in [2.75, 3.05) is 11.9 Å². The van der Waals surface area contributed by atoms with Crippen molar-refractivity contribution in [3.05, 3.63) is 64.4 Å². The first-order valence-corrected chi connectivity index (χ1v) is 6.82. The second kappa shape index (κ2) is 7.04. The fraction of sp³-hybridized carbons (Fsp3) is 0.125. The Balaban J connectivity index is 1.91. The zero-order valence-corrected chi connectivity index (χ0v) is 12.5. The SMILES string of the molecule is Cc1ccc(NC(=O)COC(=O)c2cc(Cl)ccc2F)cc1. The molecule has 2 aromatic rings. The number of carbonyl (C=O) groups excluding carboxylic acids is 2. The first-order valence-electron chi connectivity index (χ1n) is 6.44. The smallest absolute Gasteiger partial charge is 0.341 e. The number of benzene rings is 2. The number of carbonyl (C=O) groups is 2. The highest BCUT2D eigenvalue weighted by atomic mass is 35.5. The van der Waals surface area contributed by atoms with Gasteiger partial charge in [-0.25, -0.2) is 9.18 Å². The van der Waals surface area contributed by atoms with Gasteiger partial charge in [0.05, 0.1) is 5.56 Å². The van der Waals surface area contributed by atoms with Crippen molar-refractivity contribution in [2.45, 2.75) is 6.92 Å². The van der Waals surface area contributed by atoms with Gasteiger partial charge >= 0.3 is 5.97 Å². The molecular formula is C16H13ClFNO3. The highest BCUT2D eigenvalue weighted by Crippen LogP contribution is 2.16. The average Bonchev–Trinajstić information content (AvgIpc) is 2.49. The summed E-state index contributed by atoms with van der Waals surface area (Å²) < 4.78 is 18.2. The van der Waals surface area contributed by atoms with Crippen LogP contribution in [0.15, 0.2) is 42.5 Å². The van der Waals surface area contributed by atoms with Crippen LogP contribution in [0.4, 0.5) is 10.1 Å². The van der Waals surface area contributed by atoms with E-state index in [1.165, 1.54) is 6.07 Å². The third-order valence-corrected chi connectivity index (χ3v) is 3.05. The van der Waals surface area contributed by atoms with E-state index in [0.29, 0.717) is 5.69 Å². The van der Waals surface area contributed by atoms with Crippen LogP contribution in [0.25, 0.3) is 0 Å². The largest absolute Gasteiger partial charge is 0.452 e. The lowest BCUT2D eigenvalue weighted by Crippen LogP contribution is -2.21. The molecule has 114 valence electrons. The number of hydrogen-bond donors (Lipinski definition) is 1. The van der Waals surface area contributed by atoms with Crippen molar-refractivity contribution in [1.82, 2.24) is 0 Å². The van der Waals surface area contributed by atoms with Crippen LogP contribution < -0.4 is 5.32 Å². The molecule has 0 atom stereocenters. The van der Waals surface area contributed by atoms with E-state index in [-0.39, 0.29) is 10.6 Å². The fourth-order valence-corrected chi connectivity index (χ4v) is 1.87. The molecule has 0 heterocycles. The molecule has 0 spiro atoms. The number of anilines is 1. The van der Waals surface area contributed by atoms with E-state index >= 15 is 0 Å². The topological polar surface area (TPSA) is 55.4 Å². The Kier molecular flexibility index (Phi) is 5.12. The van der Waals surface area contributed by atoms with Gasteiger partial charge in [-0.3, -0.25) is 4.79 Å². The predicted octanol–water partition coefficient (Wildman–Crippen LogP) is 3.58. The molecule has 22 heavy (non-hydrogen) atoms. The molecule has 1 amide bonds. The maximum absolute atomic E-state index is 13.5. The van der Waals surface area contributed by atoms with Gasteiger partial charge in [0.2, 0.25) is 0 Å². The molecule has 0 unspecified atom stereocenters. The average molecular weight is 322 g/mol. The Hall–Kier alpha value is -2.40. The molecular weight excluding hydrogens is 309 g/mol. The summed E-state index contributed by atoms with van der Waals surface area (Å²) in [7, 11) is 0. The normalized spacial score (nSPS) is 10.1.